The lowest BCUT2D eigenvalue weighted by atomic mass is 10.0. The first kappa shape index (κ1) is 14.2. The van der Waals surface area contributed by atoms with Crippen molar-refractivity contribution in [2.45, 2.75) is 39.0 Å². The predicted octanol–water partition coefficient (Wildman–Crippen LogP) is 1.56. The zero-order valence-corrected chi connectivity index (χ0v) is 12.4. The van der Waals surface area contributed by atoms with Crippen molar-refractivity contribution in [2.24, 2.45) is 5.92 Å². The number of rotatable bonds is 6. The van der Waals surface area contributed by atoms with Crippen LogP contribution in [-0.2, 0) is 4.74 Å². The first-order valence-electron chi connectivity index (χ1n) is 7.35. The monoisotopic (exact) mass is 291 g/mol. The number of anilines is 1. The van der Waals surface area contributed by atoms with Crippen LogP contribution < -0.4 is 5.32 Å². The van der Waals surface area contributed by atoms with Crippen LogP contribution in [0.15, 0.2) is 12.7 Å². The molecule has 0 amide bonds. The lowest BCUT2D eigenvalue weighted by Gasteiger charge is -2.27. The Kier molecular flexibility index (Phi) is 4.03. The minimum Gasteiger partial charge on any atom is -0.396 e. The van der Waals surface area contributed by atoms with E-state index in [1.54, 1.807) is 12.7 Å². The third kappa shape index (κ3) is 2.84. The Labute approximate surface area is 123 Å². The summed E-state index contributed by atoms with van der Waals surface area (Å²) in [5.41, 5.74) is 1.55. The van der Waals surface area contributed by atoms with Crippen molar-refractivity contribution in [3.63, 3.8) is 0 Å². The average Bonchev–Trinajstić information content (AvgIpc) is 2.82. The highest BCUT2D eigenvalue weighted by atomic mass is 16.5. The van der Waals surface area contributed by atoms with Gasteiger partial charge >= 0.3 is 0 Å². The van der Waals surface area contributed by atoms with Crippen LogP contribution in [0.5, 0.6) is 0 Å². The van der Waals surface area contributed by atoms with Gasteiger partial charge in [-0.2, -0.15) is 0 Å². The number of aromatic nitrogens is 4. The molecule has 0 spiro atoms. The van der Waals surface area contributed by atoms with E-state index in [0.717, 1.165) is 36.4 Å². The maximum absolute atomic E-state index is 9.14. The largest absolute Gasteiger partial charge is 0.396 e. The highest BCUT2D eigenvalue weighted by Gasteiger charge is 2.23. The van der Waals surface area contributed by atoms with Crippen LogP contribution in [-0.4, -0.2) is 43.9 Å². The van der Waals surface area contributed by atoms with Crippen molar-refractivity contribution in [1.29, 1.82) is 0 Å². The fourth-order valence-electron chi connectivity index (χ4n) is 2.58. The van der Waals surface area contributed by atoms with E-state index in [1.807, 2.05) is 11.5 Å². The van der Waals surface area contributed by atoms with Crippen LogP contribution >= 0.6 is 0 Å². The van der Waals surface area contributed by atoms with E-state index >= 15 is 0 Å². The molecule has 0 saturated carbocycles. The maximum Gasteiger partial charge on any atom is 0.167 e. The fraction of sp³-hybridized carbons (Fsp3) is 0.643. The molecule has 1 fully saturated rings. The van der Waals surface area contributed by atoms with Gasteiger partial charge in [0.15, 0.2) is 17.0 Å². The van der Waals surface area contributed by atoms with Gasteiger partial charge in [0.05, 0.1) is 12.9 Å². The lowest BCUT2D eigenvalue weighted by molar-refractivity contribution is -0.0974. The molecule has 1 aliphatic rings. The van der Waals surface area contributed by atoms with Crippen LogP contribution in [0.4, 0.5) is 5.82 Å². The van der Waals surface area contributed by atoms with Crippen LogP contribution in [0.1, 0.15) is 32.9 Å². The third-order valence-corrected chi connectivity index (χ3v) is 3.79. The molecule has 0 aromatic carbocycles. The van der Waals surface area contributed by atoms with E-state index in [4.69, 9.17) is 9.84 Å². The molecule has 0 bridgehead atoms. The van der Waals surface area contributed by atoms with Crippen molar-refractivity contribution in [2.75, 3.05) is 18.5 Å². The van der Waals surface area contributed by atoms with Gasteiger partial charge in [0.2, 0.25) is 0 Å². The Morgan fingerprint density at radius 1 is 1.43 bits per heavy atom. The van der Waals surface area contributed by atoms with Crippen molar-refractivity contribution >= 4 is 17.0 Å². The first-order chi connectivity index (χ1) is 10.2. The van der Waals surface area contributed by atoms with Crippen LogP contribution in [0.3, 0.4) is 0 Å². The molecule has 3 unspecified atom stereocenters. The number of imidazole rings is 1. The fourth-order valence-corrected chi connectivity index (χ4v) is 2.58. The van der Waals surface area contributed by atoms with E-state index in [1.165, 1.54) is 0 Å². The Morgan fingerprint density at radius 3 is 2.90 bits per heavy atom. The van der Waals surface area contributed by atoms with Gasteiger partial charge in [-0.3, -0.25) is 4.57 Å². The zero-order chi connectivity index (χ0) is 14.8. The lowest BCUT2D eigenvalue weighted by Crippen LogP contribution is -2.24. The highest BCUT2D eigenvalue weighted by Crippen LogP contribution is 2.28. The predicted molar refractivity (Wildman–Crippen MR) is 78.9 cm³/mol. The van der Waals surface area contributed by atoms with Crippen molar-refractivity contribution < 1.29 is 9.84 Å². The summed E-state index contributed by atoms with van der Waals surface area (Å²) < 4.78 is 7.44. The minimum absolute atomic E-state index is 0.0459. The van der Waals surface area contributed by atoms with Crippen molar-refractivity contribution in [1.82, 2.24) is 19.5 Å². The Hall–Kier alpha value is -1.73. The quantitative estimate of drug-likeness (QED) is 0.840. The Bertz CT molecular complexity index is 610. The van der Waals surface area contributed by atoms with E-state index in [2.05, 4.69) is 27.2 Å². The number of ether oxygens (including phenoxy) is 1. The number of aliphatic hydroxyl groups is 1. The molecule has 3 rings (SSSR count). The molecule has 1 saturated heterocycles. The molecule has 1 aliphatic heterocycles. The van der Waals surface area contributed by atoms with E-state index in [0.29, 0.717) is 0 Å². The Balaban J connectivity index is 1.80. The van der Waals surface area contributed by atoms with Gasteiger partial charge in [-0.25, -0.2) is 15.0 Å². The Morgan fingerprint density at radius 2 is 2.24 bits per heavy atom. The summed E-state index contributed by atoms with van der Waals surface area (Å²) in [5, 5.41) is 12.5. The summed E-state index contributed by atoms with van der Waals surface area (Å²) in [5.74, 6) is 0.987. The molecule has 3 atom stereocenters. The topological polar surface area (TPSA) is 85.1 Å². The van der Waals surface area contributed by atoms with Gasteiger partial charge in [0.1, 0.15) is 12.6 Å². The summed E-state index contributed by atoms with van der Waals surface area (Å²) in [4.78, 5) is 13.0. The molecule has 21 heavy (non-hydrogen) atoms. The van der Waals surface area contributed by atoms with Crippen LogP contribution in [0, 0.1) is 5.92 Å². The number of hydrogen-bond acceptors (Lipinski definition) is 6. The van der Waals surface area contributed by atoms with Gasteiger partial charge in [-0.05, 0) is 19.3 Å². The zero-order valence-electron chi connectivity index (χ0n) is 12.4. The molecule has 2 N–H and O–H groups in total. The standard InChI is InChI=1S/C14H21N5O2/c1-9(6-20)5-10(2)18-13-12-14(16-7-15-13)19(8-17-12)11-3-4-21-11/h7-11,20H,3-6H2,1-2H3,(H,15,16,18). The molecule has 7 heteroatoms. The molecule has 3 heterocycles. The van der Waals surface area contributed by atoms with E-state index < -0.39 is 0 Å². The summed E-state index contributed by atoms with van der Waals surface area (Å²) in [6.07, 6.45) is 5.21. The van der Waals surface area contributed by atoms with Gasteiger partial charge in [-0.1, -0.05) is 6.92 Å². The first-order valence-corrected chi connectivity index (χ1v) is 7.35. The number of fused-ring (bicyclic) bond motifs is 1. The number of hydrogen-bond donors (Lipinski definition) is 2. The minimum atomic E-state index is 0.0459. The van der Waals surface area contributed by atoms with Crippen LogP contribution in [0.2, 0.25) is 0 Å². The molecular formula is C14H21N5O2. The molecule has 0 aliphatic carbocycles. The van der Waals surface area contributed by atoms with E-state index in [9.17, 15) is 0 Å². The maximum atomic E-state index is 9.14. The normalized spacial score (nSPS) is 21.0. The van der Waals surface area contributed by atoms with Gasteiger partial charge in [0, 0.05) is 19.1 Å². The third-order valence-electron chi connectivity index (χ3n) is 3.79. The summed E-state index contributed by atoms with van der Waals surface area (Å²) in [7, 11) is 0. The number of aliphatic hydroxyl groups excluding tert-OH is 1. The second-order valence-electron chi connectivity index (χ2n) is 5.73. The van der Waals surface area contributed by atoms with Gasteiger partial charge < -0.3 is 15.2 Å². The second-order valence-corrected chi connectivity index (χ2v) is 5.73. The van der Waals surface area contributed by atoms with Crippen molar-refractivity contribution in [3.8, 4) is 0 Å². The summed E-state index contributed by atoms with van der Waals surface area (Å²) >= 11 is 0. The molecule has 2 aromatic heterocycles. The van der Waals surface area contributed by atoms with Crippen LogP contribution in [0.25, 0.3) is 11.2 Å². The van der Waals surface area contributed by atoms with Gasteiger partial charge in [0.25, 0.3) is 0 Å². The molecular weight excluding hydrogens is 270 g/mol. The smallest absolute Gasteiger partial charge is 0.167 e. The number of nitrogens with zero attached hydrogens (tertiary/aromatic N) is 4. The van der Waals surface area contributed by atoms with Crippen molar-refractivity contribution in [3.05, 3.63) is 12.7 Å². The van der Waals surface area contributed by atoms with E-state index in [-0.39, 0.29) is 24.8 Å². The highest BCUT2D eigenvalue weighted by molar-refractivity contribution is 5.82. The summed E-state index contributed by atoms with van der Waals surface area (Å²) in [6.45, 7) is 5.08. The average molecular weight is 291 g/mol. The molecule has 0 radical (unpaired) electrons. The molecule has 2 aromatic rings. The second kappa shape index (κ2) is 5.95. The van der Waals surface area contributed by atoms with Gasteiger partial charge in [-0.15, -0.1) is 0 Å². The number of nitrogens with one attached hydrogen (secondary N) is 1. The molecule has 7 nitrogen and oxygen atoms in total. The molecule has 114 valence electrons. The SMILES string of the molecule is CC(CO)CC(C)Nc1ncnc2c1ncn2C1CCO1. The summed E-state index contributed by atoms with van der Waals surface area (Å²) in [6, 6.07) is 0.204.